The van der Waals surface area contributed by atoms with Gasteiger partial charge in [-0.3, -0.25) is 0 Å². The molecule has 1 saturated heterocycles. The van der Waals surface area contributed by atoms with Crippen LogP contribution in [0.2, 0.25) is 0 Å². The largest absolute Gasteiger partial charge is 0.497 e. The summed E-state index contributed by atoms with van der Waals surface area (Å²) in [6, 6.07) is 7.25. The van der Waals surface area contributed by atoms with Crippen LogP contribution < -0.4 is 9.47 Å². The Labute approximate surface area is 107 Å². The lowest BCUT2D eigenvalue weighted by Gasteiger charge is -2.13. The molecule has 0 amide bonds. The Kier molecular flexibility index (Phi) is 4.06. The van der Waals surface area contributed by atoms with Crippen molar-refractivity contribution in [1.82, 2.24) is 0 Å². The van der Waals surface area contributed by atoms with Gasteiger partial charge in [-0.1, -0.05) is 0 Å². The van der Waals surface area contributed by atoms with Crippen LogP contribution in [0.3, 0.4) is 0 Å². The van der Waals surface area contributed by atoms with Crippen molar-refractivity contribution in [3.8, 4) is 17.6 Å². The van der Waals surface area contributed by atoms with Gasteiger partial charge in [-0.05, 0) is 31.9 Å². The minimum atomic E-state index is 0.150. The van der Waals surface area contributed by atoms with E-state index in [1.54, 1.807) is 25.3 Å². The fourth-order valence-electron chi connectivity index (χ4n) is 2.03. The van der Waals surface area contributed by atoms with Gasteiger partial charge in [0.25, 0.3) is 0 Å². The molecule has 96 valence electrons. The first kappa shape index (κ1) is 12.7. The van der Waals surface area contributed by atoms with Gasteiger partial charge in [-0.2, -0.15) is 5.26 Å². The number of nitrogens with zero attached hydrogens (tertiary/aromatic N) is 1. The molecule has 4 heteroatoms. The van der Waals surface area contributed by atoms with Crippen molar-refractivity contribution in [2.75, 3.05) is 13.7 Å². The van der Waals surface area contributed by atoms with Gasteiger partial charge in [0, 0.05) is 6.07 Å². The Hall–Kier alpha value is -1.73. The molecule has 1 aromatic carbocycles. The second kappa shape index (κ2) is 5.74. The van der Waals surface area contributed by atoms with Crippen LogP contribution in [0.4, 0.5) is 0 Å². The number of rotatable bonds is 4. The van der Waals surface area contributed by atoms with E-state index in [1.165, 1.54) is 0 Å². The van der Waals surface area contributed by atoms with Crippen molar-refractivity contribution in [2.45, 2.75) is 32.0 Å². The summed E-state index contributed by atoms with van der Waals surface area (Å²) in [5.74, 6) is 1.28. The third-order valence-corrected chi connectivity index (χ3v) is 3.00. The summed E-state index contributed by atoms with van der Waals surface area (Å²) >= 11 is 0. The number of nitriles is 1. The summed E-state index contributed by atoms with van der Waals surface area (Å²) in [6.07, 6.45) is 2.57. The molecule has 1 aromatic rings. The quantitative estimate of drug-likeness (QED) is 0.820. The Bertz CT molecular complexity index is 453. The van der Waals surface area contributed by atoms with E-state index in [0.29, 0.717) is 29.8 Å². The average Bonchev–Trinajstić information content (AvgIpc) is 2.81. The van der Waals surface area contributed by atoms with E-state index in [2.05, 4.69) is 13.0 Å². The predicted octanol–water partition coefficient (Wildman–Crippen LogP) is 2.51. The molecular weight excluding hydrogens is 230 g/mol. The lowest BCUT2D eigenvalue weighted by molar-refractivity contribution is 0.0264. The minimum Gasteiger partial charge on any atom is -0.497 e. The highest BCUT2D eigenvalue weighted by Gasteiger charge is 2.22. The maximum atomic E-state index is 8.91. The molecule has 0 radical (unpaired) electrons. The Balaban J connectivity index is 1.98. The maximum absolute atomic E-state index is 8.91. The van der Waals surface area contributed by atoms with Crippen LogP contribution in [0, 0.1) is 11.3 Å². The van der Waals surface area contributed by atoms with Gasteiger partial charge in [0.05, 0.1) is 31.0 Å². The topological polar surface area (TPSA) is 51.5 Å². The lowest BCUT2D eigenvalue weighted by Crippen LogP contribution is -2.17. The van der Waals surface area contributed by atoms with E-state index in [0.717, 1.165) is 12.8 Å². The van der Waals surface area contributed by atoms with Crippen LogP contribution in [0.15, 0.2) is 18.2 Å². The van der Waals surface area contributed by atoms with E-state index in [4.69, 9.17) is 19.5 Å². The number of benzene rings is 1. The Morgan fingerprint density at radius 2 is 2.11 bits per heavy atom. The Morgan fingerprint density at radius 3 is 2.72 bits per heavy atom. The third-order valence-electron chi connectivity index (χ3n) is 3.00. The average molecular weight is 247 g/mol. The van der Waals surface area contributed by atoms with Gasteiger partial charge >= 0.3 is 0 Å². The van der Waals surface area contributed by atoms with Gasteiger partial charge in [-0.25, -0.2) is 0 Å². The molecule has 4 nitrogen and oxygen atoms in total. The van der Waals surface area contributed by atoms with Crippen LogP contribution in [0.25, 0.3) is 0 Å². The zero-order valence-corrected chi connectivity index (χ0v) is 10.7. The summed E-state index contributed by atoms with van der Waals surface area (Å²) in [6.45, 7) is 2.59. The smallest absolute Gasteiger partial charge is 0.124 e. The normalized spacial score (nSPS) is 22.5. The first-order valence-corrected chi connectivity index (χ1v) is 6.08. The van der Waals surface area contributed by atoms with Gasteiger partial charge in [-0.15, -0.1) is 0 Å². The molecule has 2 unspecified atom stereocenters. The molecule has 0 aliphatic carbocycles. The van der Waals surface area contributed by atoms with E-state index >= 15 is 0 Å². The molecular formula is C14H17NO3. The maximum Gasteiger partial charge on any atom is 0.124 e. The van der Waals surface area contributed by atoms with Crippen LogP contribution in [0.5, 0.6) is 11.5 Å². The van der Waals surface area contributed by atoms with E-state index in [-0.39, 0.29) is 6.10 Å². The fourth-order valence-corrected chi connectivity index (χ4v) is 2.03. The van der Waals surface area contributed by atoms with E-state index in [9.17, 15) is 0 Å². The minimum absolute atomic E-state index is 0.150. The first-order chi connectivity index (χ1) is 8.71. The van der Waals surface area contributed by atoms with Crippen molar-refractivity contribution in [1.29, 1.82) is 5.26 Å². The molecule has 0 N–H and O–H groups in total. The lowest BCUT2D eigenvalue weighted by atomic mass is 10.2. The third kappa shape index (κ3) is 3.14. The Morgan fingerprint density at radius 1 is 1.33 bits per heavy atom. The summed E-state index contributed by atoms with van der Waals surface area (Å²) in [4.78, 5) is 0. The summed E-state index contributed by atoms with van der Waals surface area (Å²) < 4.78 is 16.5. The molecule has 2 rings (SSSR count). The fraction of sp³-hybridized carbons (Fsp3) is 0.500. The molecule has 0 aromatic heterocycles. The van der Waals surface area contributed by atoms with Crippen molar-refractivity contribution in [3.05, 3.63) is 23.8 Å². The zero-order chi connectivity index (χ0) is 13.0. The number of hydrogen-bond donors (Lipinski definition) is 0. The van der Waals surface area contributed by atoms with Crippen LogP contribution >= 0.6 is 0 Å². The number of methoxy groups -OCH3 is 1. The summed E-state index contributed by atoms with van der Waals surface area (Å²) in [7, 11) is 1.57. The standard InChI is InChI=1S/C14H17NO3/c1-10-3-4-12(18-10)9-17-14-6-11(8-15)5-13(7-14)16-2/h5-7,10,12H,3-4,9H2,1-2H3. The second-order valence-corrected chi connectivity index (χ2v) is 4.47. The molecule has 1 aliphatic heterocycles. The van der Waals surface area contributed by atoms with Gasteiger partial charge in [0.15, 0.2) is 0 Å². The van der Waals surface area contributed by atoms with E-state index < -0.39 is 0 Å². The summed E-state index contributed by atoms with van der Waals surface area (Å²) in [5, 5.41) is 8.91. The van der Waals surface area contributed by atoms with Crippen molar-refractivity contribution < 1.29 is 14.2 Å². The first-order valence-electron chi connectivity index (χ1n) is 6.08. The number of hydrogen-bond acceptors (Lipinski definition) is 4. The molecule has 1 aliphatic rings. The van der Waals surface area contributed by atoms with Crippen molar-refractivity contribution >= 4 is 0 Å². The second-order valence-electron chi connectivity index (χ2n) is 4.47. The van der Waals surface area contributed by atoms with Crippen LogP contribution in [0.1, 0.15) is 25.3 Å². The van der Waals surface area contributed by atoms with Crippen LogP contribution in [-0.4, -0.2) is 25.9 Å². The van der Waals surface area contributed by atoms with Crippen LogP contribution in [-0.2, 0) is 4.74 Å². The molecule has 18 heavy (non-hydrogen) atoms. The van der Waals surface area contributed by atoms with Gasteiger partial charge < -0.3 is 14.2 Å². The monoisotopic (exact) mass is 247 g/mol. The van der Waals surface area contributed by atoms with Gasteiger partial charge in [0.1, 0.15) is 18.1 Å². The molecule has 2 atom stereocenters. The van der Waals surface area contributed by atoms with E-state index in [1.807, 2.05) is 0 Å². The highest BCUT2D eigenvalue weighted by Crippen LogP contribution is 2.24. The molecule has 0 bridgehead atoms. The summed E-state index contributed by atoms with van der Waals surface area (Å²) in [5.41, 5.74) is 0.532. The molecule has 0 spiro atoms. The molecule has 1 fully saturated rings. The molecule has 0 saturated carbocycles. The highest BCUT2D eigenvalue weighted by atomic mass is 16.5. The zero-order valence-electron chi connectivity index (χ0n) is 10.7. The van der Waals surface area contributed by atoms with Crippen molar-refractivity contribution in [3.63, 3.8) is 0 Å². The van der Waals surface area contributed by atoms with Crippen molar-refractivity contribution in [2.24, 2.45) is 0 Å². The highest BCUT2D eigenvalue weighted by molar-refractivity contribution is 5.43. The SMILES string of the molecule is COc1cc(C#N)cc(OCC2CCC(C)O2)c1. The van der Waals surface area contributed by atoms with Gasteiger partial charge in [0.2, 0.25) is 0 Å². The molecule has 1 heterocycles. The predicted molar refractivity (Wildman–Crippen MR) is 66.8 cm³/mol. The number of ether oxygens (including phenoxy) is 3.